The number of β-amino-alcohol motifs (C(OH)–C–C–N with tert-alkyl or cyclic N) is 1. The summed E-state index contributed by atoms with van der Waals surface area (Å²) in [5, 5.41) is 12.6. The molecule has 2 aromatic rings. The molecule has 4 heteroatoms. The Bertz CT molecular complexity index is 572. The normalized spacial score (nSPS) is 21.4. The molecule has 0 amide bonds. The van der Waals surface area contributed by atoms with Gasteiger partial charge in [0.15, 0.2) is 0 Å². The van der Waals surface area contributed by atoms with Crippen molar-refractivity contribution in [2.75, 3.05) is 32.7 Å². The molecule has 2 atom stereocenters. The number of piperazine rings is 1. The van der Waals surface area contributed by atoms with Gasteiger partial charge >= 0.3 is 0 Å². The average molecular weight is 330 g/mol. The Morgan fingerprint density at radius 2 is 2.00 bits per heavy atom. The van der Waals surface area contributed by atoms with Crippen LogP contribution in [0.3, 0.4) is 0 Å². The Hall–Kier alpha value is -1.20. The highest BCUT2D eigenvalue weighted by molar-refractivity contribution is 7.09. The van der Waals surface area contributed by atoms with Crippen molar-refractivity contribution < 1.29 is 5.11 Å². The van der Waals surface area contributed by atoms with Crippen LogP contribution in [-0.4, -0.2) is 53.7 Å². The van der Waals surface area contributed by atoms with Gasteiger partial charge in [0, 0.05) is 43.6 Å². The number of hydrogen-bond donors (Lipinski definition) is 1. The molecule has 1 N–H and O–H groups in total. The van der Waals surface area contributed by atoms with Crippen molar-refractivity contribution in [2.24, 2.45) is 0 Å². The van der Waals surface area contributed by atoms with Crippen LogP contribution in [-0.2, 0) is 6.42 Å². The van der Waals surface area contributed by atoms with Gasteiger partial charge in [-0.2, -0.15) is 0 Å². The van der Waals surface area contributed by atoms with Crippen LogP contribution in [0.15, 0.2) is 47.8 Å². The van der Waals surface area contributed by atoms with Gasteiger partial charge in [-0.1, -0.05) is 36.4 Å². The largest absolute Gasteiger partial charge is 0.387 e. The van der Waals surface area contributed by atoms with E-state index in [1.807, 2.05) is 41.7 Å². The summed E-state index contributed by atoms with van der Waals surface area (Å²) in [5.41, 5.74) is 1.01. The lowest BCUT2D eigenvalue weighted by atomic mass is 10.1. The zero-order valence-electron chi connectivity index (χ0n) is 13.8. The van der Waals surface area contributed by atoms with Gasteiger partial charge in [0.25, 0.3) is 0 Å². The van der Waals surface area contributed by atoms with Crippen molar-refractivity contribution in [3.8, 4) is 0 Å². The number of rotatable bonds is 6. The average Bonchev–Trinajstić information content (AvgIpc) is 3.09. The van der Waals surface area contributed by atoms with E-state index in [1.165, 1.54) is 4.88 Å². The highest BCUT2D eigenvalue weighted by Crippen LogP contribution is 2.18. The van der Waals surface area contributed by atoms with Crippen LogP contribution in [0.1, 0.15) is 23.5 Å². The molecule has 1 fully saturated rings. The van der Waals surface area contributed by atoms with Crippen molar-refractivity contribution in [1.29, 1.82) is 0 Å². The summed E-state index contributed by atoms with van der Waals surface area (Å²) in [6.45, 7) is 7.36. The maximum atomic E-state index is 10.4. The summed E-state index contributed by atoms with van der Waals surface area (Å²) in [7, 11) is 0. The van der Waals surface area contributed by atoms with Crippen LogP contribution < -0.4 is 0 Å². The Morgan fingerprint density at radius 3 is 2.70 bits per heavy atom. The smallest absolute Gasteiger partial charge is 0.0917 e. The Kier molecular flexibility index (Phi) is 5.84. The van der Waals surface area contributed by atoms with E-state index >= 15 is 0 Å². The van der Waals surface area contributed by atoms with E-state index in [9.17, 15) is 5.11 Å². The van der Waals surface area contributed by atoms with Crippen LogP contribution in [0, 0.1) is 0 Å². The van der Waals surface area contributed by atoms with Crippen LogP contribution in [0.25, 0.3) is 0 Å². The molecule has 23 heavy (non-hydrogen) atoms. The Morgan fingerprint density at radius 1 is 1.17 bits per heavy atom. The van der Waals surface area contributed by atoms with Crippen molar-refractivity contribution >= 4 is 11.3 Å². The topological polar surface area (TPSA) is 26.7 Å². The van der Waals surface area contributed by atoms with E-state index in [0.717, 1.165) is 44.7 Å². The summed E-state index contributed by atoms with van der Waals surface area (Å²) in [5.74, 6) is 0. The molecule has 0 radical (unpaired) electrons. The SMILES string of the molecule is CC1CN(CCc2cccs2)CCN1CC(O)c1ccccc1. The fourth-order valence-corrected chi connectivity index (χ4v) is 3.97. The quantitative estimate of drug-likeness (QED) is 0.882. The molecule has 1 saturated heterocycles. The second kappa shape index (κ2) is 8.06. The lowest BCUT2D eigenvalue weighted by molar-refractivity contribution is 0.0394. The van der Waals surface area contributed by atoms with Crippen molar-refractivity contribution in [3.63, 3.8) is 0 Å². The third kappa shape index (κ3) is 4.64. The number of nitrogens with zero attached hydrogens (tertiary/aromatic N) is 2. The number of thiophene rings is 1. The number of hydrogen-bond acceptors (Lipinski definition) is 4. The van der Waals surface area contributed by atoms with Gasteiger partial charge in [0.05, 0.1) is 6.10 Å². The van der Waals surface area contributed by atoms with Gasteiger partial charge < -0.3 is 10.0 Å². The Balaban J connectivity index is 1.46. The molecule has 0 spiro atoms. The fraction of sp³-hybridized carbons (Fsp3) is 0.474. The minimum Gasteiger partial charge on any atom is -0.387 e. The molecule has 124 valence electrons. The van der Waals surface area contributed by atoms with E-state index in [-0.39, 0.29) is 0 Å². The molecule has 1 aliphatic heterocycles. The summed E-state index contributed by atoms with van der Waals surface area (Å²) < 4.78 is 0. The van der Waals surface area contributed by atoms with E-state index < -0.39 is 6.10 Å². The molecule has 0 bridgehead atoms. The highest BCUT2D eigenvalue weighted by Gasteiger charge is 2.25. The van der Waals surface area contributed by atoms with Crippen LogP contribution in [0.2, 0.25) is 0 Å². The molecule has 3 rings (SSSR count). The summed E-state index contributed by atoms with van der Waals surface area (Å²) in [4.78, 5) is 6.44. The molecule has 1 aromatic heterocycles. The summed E-state index contributed by atoms with van der Waals surface area (Å²) in [6, 6.07) is 14.8. The van der Waals surface area contributed by atoms with E-state index in [0.29, 0.717) is 6.04 Å². The first-order valence-electron chi connectivity index (χ1n) is 8.44. The second-order valence-corrected chi connectivity index (χ2v) is 7.43. The van der Waals surface area contributed by atoms with Gasteiger partial charge in [0.1, 0.15) is 0 Å². The van der Waals surface area contributed by atoms with Gasteiger partial charge in [-0.15, -0.1) is 11.3 Å². The molecule has 1 aromatic carbocycles. The van der Waals surface area contributed by atoms with Crippen molar-refractivity contribution in [1.82, 2.24) is 9.80 Å². The number of benzene rings is 1. The first kappa shape index (κ1) is 16.7. The second-order valence-electron chi connectivity index (χ2n) is 6.40. The van der Waals surface area contributed by atoms with Crippen LogP contribution >= 0.6 is 11.3 Å². The first-order chi connectivity index (χ1) is 11.2. The maximum absolute atomic E-state index is 10.4. The molecule has 1 aliphatic rings. The molecule has 3 nitrogen and oxygen atoms in total. The lowest BCUT2D eigenvalue weighted by Crippen LogP contribution is -2.53. The third-order valence-electron chi connectivity index (χ3n) is 4.70. The van der Waals surface area contributed by atoms with E-state index in [1.54, 1.807) is 0 Å². The minimum atomic E-state index is -0.392. The maximum Gasteiger partial charge on any atom is 0.0917 e. The van der Waals surface area contributed by atoms with Gasteiger partial charge in [-0.3, -0.25) is 4.90 Å². The number of aliphatic hydroxyl groups excluding tert-OH is 1. The van der Waals surface area contributed by atoms with Crippen molar-refractivity contribution in [2.45, 2.75) is 25.5 Å². The van der Waals surface area contributed by atoms with Crippen LogP contribution in [0.5, 0.6) is 0 Å². The Labute approximate surface area is 143 Å². The number of aliphatic hydroxyl groups is 1. The zero-order valence-corrected chi connectivity index (χ0v) is 14.6. The lowest BCUT2D eigenvalue weighted by Gasteiger charge is -2.40. The minimum absolute atomic E-state index is 0.392. The molecule has 2 heterocycles. The van der Waals surface area contributed by atoms with Gasteiger partial charge in [-0.05, 0) is 30.4 Å². The predicted octanol–water partition coefficient (Wildman–Crippen LogP) is 3.03. The van der Waals surface area contributed by atoms with Crippen molar-refractivity contribution in [3.05, 3.63) is 58.3 Å². The molecule has 2 unspecified atom stereocenters. The van der Waals surface area contributed by atoms with E-state index in [4.69, 9.17) is 0 Å². The predicted molar refractivity (Wildman–Crippen MR) is 96.9 cm³/mol. The van der Waals surface area contributed by atoms with Gasteiger partial charge in [-0.25, -0.2) is 0 Å². The first-order valence-corrected chi connectivity index (χ1v) is 9.32. The highest BCUT2D eigenvalue weighted by atomic mass is 32.1. The molecule has 0 aliphatic carbocycles. The standard InChI is InChI=1S/C19H26N2OS/c1-16-14-20(10-9-18-8-5-13-23-18)11-12-21(16)15-19(22)17-6-3-2-4-7-17/h2-8,13,16,19,22H,9-12,14-15H2,1H3. The van der Waals surface area contributed by atoms with Crippen LogP contribution in [0.4, 0.5) is 0 Å². The third-order valence-corrected chi connectivity index (χ3v) is 5.63. The summed E-state index contributed by atoms with van der Waals surface area (Å²) >= 11 is 1.85. The molecular formula is C19H26N2OS. The fourth-order valence-electron chi connectivity index (χ4n) is 3.27. The zero-order chi connectivity index (χ0) is 16.1. The van der Waals surface area contributed by atoms with E-state index in [2.05, 4.69) is 34.2 Å². The molecular weight excluding hydrogens is 304 g/mol. The summed E-state index contributed by atoms with van der Waals surface area (Å²) in [6.07, 6.45) is 0.758. The van der Waals surface area contributed by atoms with Gasteiger partial charge in [0.2, 0.25) is 0 Å². The monoisotopic (exact) mass is 330 g/mol. The molecule has 0 saturated carbocycles.